The van der Waals surface area contributed by atoms with Crippen molar-refractivity contribution < 1.29 is 14.3 Å². The molecule has 0 aliphatic carbocycles. The summed E-state index contributed by atoms with van der Waals surface area (Å²) in [4.78, 5) is 10.2. The Bertz CT molecular complexity index is 285. The lowest BCUT2D eigenvalue weighted by atomic mass is 10.1. The molecule has 0 aromatic heterocycles. The van der Waals surface area contributed by atoms with Gasteiger partial charge in [0.2, 0.25) is 0 Å². The van der Waals surface area contributed by atoms with Crippen molar-refractivity contribution in [1.29, 1.82) is 0 Å². The fourth-order valence-corrected chi connectivity index (χ4v) is 0.979. The van der Waals surface area contributed by atoms with Gasteiger partial charge in [0.15, 0.2) is 6.29 Å². The lowest BCUT2D eigenvalue weighted by Gasteiger charge is -2.01. The molecule has 0 radical (unpaired) electrons. The Morgan fingerprint density at radius 3 is 2.36 bits per heavy atom. The lowest BCUT2D eigenvalue weighted by Crippen LogP contribution is -1.91. The van der Waals surface area contributed by atoms with E-state index >= 15 is 0 Å². The number of carbonyl (C=O) groups is 1. The molecule has 0 bridgehead atoms. The molecule has 0 unspecified atom stereocenters. The molecular formula is C11H15FO2. The molecule has 1 N–H and O–H groups in total. The Labute approximate surface area is 83.4 Å². The molecule has 0 atom stereocenters. The summed E-state index contributed by atoms with van der Waals surface area (Å²) in [6, 6.07) is 2.65. The summed E-state index contributed by atoms with van der Waals surface area (Å²) in [7, 11) is 0. The van der Waals surface area contributed by atoms with Gasteiger partial charge in [-0.05, 0) is 24.1 Å². The predicted octanol–water partition coefficient (Wildman–Crippen LogP) is 2.93. The first-order valence-corrected chi connectivity index (χ1v) is 4.65. The number of aromatic hydroxyl groups is 1. The molecule has 2 nitrogen and oxygen atoms in total. The van der Waals surface area contributed by atoms with Gasteiger partial charge in [0.05, 0.1) is 5.56 Å². The number of aldehydes is 1. The van der Waals surface area contributed by atoms with Crippen LogP contribution in [-0.4, -0.2) is 11.4 Å². The molecule has 0 aliphatic heterocycles. The molecule has 3 heteroatoms. The van der Waals surface area contributed by atoms with Crippen molar-refractivity contribution in [3.8, 4) is 5.75 Å². The van der Waals surface area contributed by atoms with Crippen molar-refractivity contribution >= 4 is 6.29 Å². The van der Waals surface area contributed by atoms with Crippen molar-refractivity contribution in [1.82, 2.24) is 0 Å². The Balaban J connectivity index is 0.000000791. The highest BCUT2D eigenvalue weighted by molar-refractivity contribution is 5.79. The highest BCUT2D eigenvalue weighted by atomic mass is 19.1. The van der Waals surface area contributed by atoms with Crippen LogP contribution in [0.15, 0.2) is 12.1 Å². The van der Waals surface area contributed by atoms with Crippen LogP contribution in [0.4, 0.5) is 4.39 Å². The fourth-order valence-electron chi connectivity index (χ4n) is 0.979. The second-order valence-electron chi connectivity index (χ2n) is 2.48. The van der Waals surface area contributed by atoms with E-state index in [1.807, 2.05) is 20.8 Å². The van der Waals surface area contributed by atoms with Crippen LogP contribution >= 0.6 is 0 Å². The van der Waals surface area contributed by atoms with Crippen molar-refractivity contribution in [2.75, 3.05) is 0 Å². The number of aryl methyl sites for hydroxylation is 1. The molecule has 1 aromatic rings. The molecule has 14 heavy (non-hydrogen) atoms. The van der Waals surface area contributed by atoms with Gasteiger partial charge in [0.1, 0.15) is 11.6 Å². The first-order valence-electron chi connectivity index (χ1n) is 4.65. The normalized spacial score (nSPS) is 8.86. The lowest BCUT2D eigenvalue weighted by molar-refractivity contribution is 0.111. The minimum absolute atomic E-state index is 0.271. The molecule has 0 saturated heterocycles. The molecule has 78 valence electrons. The second-order valence-corrected chi connectivity index (χ2v) is 2.48. The van der Waals surface area contributed by atoms with Crippen LogP contribution in [0.25, 0.3) is 0 Å². The average Bonchev–Trinajstić information content (AvgIpc) is 2.20. The van der Waals surface area contributed by atoms with E-state index in [1.54, 1.807) is 0 Å². The predicted molar refractivity (Wildman–Crippen MR) is 54.2 cm³/mol. The highest BCUT2D eigenvalue weighted by Gasteiger charge is 2.07. The summed E-state index contributed by atoms with van der Waals surface area (Å²) in [6.45, 7) is 5.84. The maximum Gasteiger partial charge on any atom is 0.156 e. The number of benzene rings is 1. The SMILES string of the molecule is CC.CCc1cc(O)c(C=O)c(F)c1. The van der Waals surface area contributed by atoms with Gasteiger partial charge in [0, 0.05) is 0 Å². The van der Waals surface area contributed by atoms with E-state index in [-0.39, 0.29) is 11.3 Å². The average molecular weight is 198 g/mol. The fraction of sp³-hybridized carbons (Fsp3) is 0.364. The van der Waals surface area contributed by atoms with Gasteiger partial charge in [-0.3, -0.25) is 4.79 Å². The molecule has 0 amide bonds. The molecule has 0 spiro atoms. The van der Waals surface area contributed by atoms with Crippen LogP contribution in [0.5, 0.6) is 5.75 Å². The van der Waals surface area contributed by atoms with Crippen LogP contribution < -0.4 is 0 Å². The quantitative estimate of drug-likeness (QED) is 0.742. The van der Waals surface area contributed by atoms with E-state index in [0.717, 1.165) is 0 Å². The van der Waals surface area contributed by atoms with Gasteiger partial charge in [0.25, 0.3) is 0 Å². The van der Waals surface area contributed by atoms with Crippen molar-refractivity contribution in [2.24, 2.45) is 0 Å². The maximum atomic E-state index is 12.9. The number of rotatable bonds is 2. The zero-order valence-electron chi connectivity index (χ0n) is 8.67. The molecule has 0 saturated carbocycles. The monoisotopic (exact) mass is 198 g/mol. The topological polar surface area (TPSA) is 37.3 Å². The summed E-state index contributed by atoms with van der Waals surface area (Å²) in [5.41, 5.74) is 0.405. The number of hydrogen-bond donors (Lipinski definition) is 1. The third-order valence-corrected chi connectivity index (χ3v) is 1.69. The van der Waals surface area contributed by atoms with Gasteiger partial charge in [-0.2, -0.15) is 0 Å². The van der Waals surface area contributed by atoms with E-state index in [2.05, 4.69) is 0 Å². The van der Waals surface area contributed by atoms with Crippen LogP contribution in [0.2, 0.25) is 0 Å². The van der Waals surface area contributed by atoms with Gasteiger partial charge in [-0.25, -0.2) is 4.39 Å². The number of carbonyl (C=O) groups excluding carboxylic acids is 1. The van der Waals surface area contributed by atoms with E-state index in [0.29, 0.717) is 18.3 Å². The van der Waals surface area contributed by atoms with Crippen molar-refractivity contribution in [2.45, 2.75) is 27.2 Å². The third-order valence-electron chi connectivity index (χ3n) is 1.69. The maximum absolute atomic E-state index is 12.9. The molecule has 0 fully saturated rings. The molecule has 1 rings (SSSR count). The standard InChI is InChI=1S/C9H9FO2.C2H6/c1-2-6-3-8(10)7(5-11)9(12)4-6;1-2/h3-5,12H,2H2,1H3;1-2H3. The zero-order valence-corrected chi connectivity index (χ0v) is 8.67. The minimum atomic E-state index is -0.665. The van der Waals surface area contributed by atoms with E-state index < -0.39 is 5.82 Å². The smallest absolute Gasteiger partial charge is 0.156 e. The summed E-state index contributed by atoms with van der Waals surface area (Å²) >= 11 is 0. The third kappa shape index (κ3) is 2.83. The number of phenolic OH excluding ortho intramolecular Hbond substituents is 1. The van der Waals surface area contributed by atoms with Crippen LogP contribution in [0.3, 0.4) is 0 Å². The molecule has 1 aromatic carbocycles. The summed E-state index contributed by atoms with van der Waals surface area (Å²) in [5.74, 6) is -0.955. The molecule has 0 heterocycles. The van der Waals surface area contributed by atoms with Gasteiger partial charge >= 0.3 is 0 Å². The summed E-state index contributed by atoms with van der Waals surface area (Å²) < 4.78 is 12.9. The van der Waals surface area contributed by atoms with Crippen molar-refractivity contribution in [3.05, 3.63) is 29.1 Å². The van der Waals surface area contributed by atoms with Gasteiger partial charge < -0.3 is 5.11 Å². The molecule has 0 aliphatic rings. The number of phenols is 1. The number of halogens is 1. The Morgan fingerprint density at radius 2 is 2.00 bits per heavy atom. The van der Waals surface area contributed by atoms with Gasteiger partial charge in [-0.15, -0.1) is 0 Å². The Morgan fingerprint density at radius 1 is 1.43 bits per heavy atom. The summed E-state index contributed by atoms with van der Waals surface area (Å²) in [5, 5.41) is 9.13. The van der Waals surface area contributed by atoms with Crippen LogP contribution in [0.1, 0.15) is 36.7 Å². The molecular weight excluding hydrogens is 183 g/mol. The summed E-state index contributed by atoms with van der Waals surface area (Å²) in [6.07, 6.45) is 0.938. The Kier molecular flexibility index (Phi) is 5.53. The second kappa shape index (κ2) is 6.13. The first-order chi connectivity index (χ1) is 6.69. The van der Waals surface area contributed by atoms with E-state index in [1.165, 1.54) is 12.1 Å². The zero-order chi connectivity index (χ0) is 11.1. The minimum Gasteiger partial charge on any atom is -0.507 e. The number of hydrogen-bond acceptors (Lipinski definition) is 2. The largest absolute Gasteiger partial charge is 0.507 e. The first kappa shape index (κ1) is 12.6. The van der Waals surface area contributed by atoms with Crippen molar-refractivity contribution in [3.63, 3.8) is 0 Å². The highest BCUT2D eigenvalue weighted by Crippen LogP contribution is 2.20. The van der Waals surface area contributed by atoms with Gasteiger partial charge in [-0.1, -0.05) is 20.8 Å². The Hall–Kier alpha value is -1.38. The van der Waals surface area contributed by atoms with E-state index in [4.69, 9.17) is 5.11 Å². The van der Waals surface area contributed by atoms with Crippen LogP contribution in [0, 0.1) is 5.82 Å². The van der Waals surface area contributed by atoms with Crippen LogP contribution in [-0.2, 0) is 6.42 Å². The van der Waals surface area contributed by atoms with E-state index in [9.17, 15) is 9.18 Å².